The SMILES string of the molecule is NNc1cc(Oc2ccccc2Br)nc(N)n1. The first kappa shape index (κ1) is 11.6. The van der Waals surface area contributed by atoms with Gasteiger partial charge in [-0.3, -0.25) is 0 Å². The van der Waals surface area contributed by atoms with Crippen molar-refractivity contribution in [1.29, 1.82) is 0 Å². The van der Waals surface area contributed by atoms with Gasteiger partial charge in [0, 0.05) is 6.07 Å². The summed E-state index contributed by atoms with van der Waals surface area (Å²) in [5, 5.41) is 0. The summed E-state index contributed by atoms with van der Waals surface area (Å²) in [6.07, 6.45) is 0. The van der Waals surface area contributed by atoms with Crippen molar-refractivity contribution in [2.75, 3.05) is 11.2 Å². The topological polar surface area (TPSA) is 99.1 Å². The summed E-state index contributed by atoms with van der Waals surface area (Å²) < 4.78 is 6.38. The number of anilines is 2. The Labute approximate surface area is 106 Å². The van der Waals surface area contributed by atoms with Crippen LogP contribution in [0.15, 0.2) is 34.8 Å². The minimum Gasteiger partial charge on any atom is -0.438 e. The van der Waals surface area contributed by atoms with Gasteiger partial charge in [-0.2, -0.15) is 9.97 Å². The quantitative estimate of drug-likeness (QED) is 0.591. The number of hydrazine groups is 1. The molecule has 2 rings (SSSR count). The molecule has 6 nitrogen and oxygen atoms in total. The predicted octanol–water partition coefficient (Wildman–Crippen LogP) is 1.90. The summed E-state index contributed by atoms with van der Waals surface area (Å²) in [5.41, 5.74) is 7.90. The molecule has 0 saturated carbocycles. The van der Waals surface area contributed by atoms with Gasteiger partial charge >= 0.3 is 0 Å². The molecule has 0 aliphatic heterocycles. The summed E-state index contributed by atoms with van der Waals surface area (Å²) >= 11 is 3.37. The Morgan fingerprint density at radius 1 is 1.24 bits per heavy atom. The van der Waals surface area contributed by atoms with Crippen LogP contribution in [-0.2, 0) is 0 Å². The molecule has 0 bridgehead atoms. The smallest absolute Gasteiger partial charge is 0.226 e. The van der Waals surface area contributed by atoms with Gasteiger partial charge in [0.25, 0.3) is 0 Å². The number of hydrogen-bond donors (Lipinski definition) is 3. The fourth-order valence-electron chi connectivity index (χ4n) is 1.21. The Morgan fingerprint density at radius 2 is 2.00 bits per heavy atom. The number of halogens is 1. The summed E-state index contributed by atoms with van der Waals surface area (Å²) in [7, 11) is 0. The van der Waals surface area contributed by atoms with Crippen LogP contribution < -0.4 is 21.7 Å². The summed E-state index contributed by atoms with van der Waals surface area (Å²) in [6, 6.07) is 8.96. The molecule has 2 aromatic rings. The van der Waals surface area contributed by atoms with Gasteiger partial charge in [0.05, 0.1) is 4.47 Å². The van der Waals surface area contributed by atoms with Crippen molar-refractivity contribution >= 4 is 27.7 Å². The Bertz CT molecular complexity index is 534. The number of nitrogens with two attached hydrogens (primary N) is 2. The van der Waals surface area contributed by atoms with Gasteiger partial charge in [-0.25, -0.2) is 5.84 Å². The maximum Gasteiger partial charge on any atom is 0.226 e. The fourth-order valence-corrected chi connectivity index (χ4v) is 1.57. The third-order valence-electron chi connectivity index (χ3n) is 1.92. The van der Waals surface area contributed by atoms with Crippen LogP contribution in [0.25, 0.3) is 0 Å². The van der Waals surface area contributed by atoms with E-state index in [2.05, 4.69) is 31.3 Å². The molecule has 88 valence electrons. The monoisotopic (exact) mass is 295 g/mol. The van der Waals surface area contributed by atoms with Gasteiger partial charge in [-0.15, -0.1) is 0 Å². The fraction of sp³-hybridized carbons (Fsp3) is 0. The zero-order valence-electron chi connectivity index (χ0n) is 8.72. The molecular weight excluding hydrogens is 286 g/mol. The lowest BCUT2D eigenvalue weighted by atomic mass is 10.3. The average molecular weight is 296 g/mol. The molecule has 17 heavy (non-hydrogen) atoms. The van der Waals surface area contributed by atoms with E-state index in [-0.39, 0.29) is 5.95 Å². The van der Waals surface area contributed by atoms with Gasteiger partial charge in [0.2, 0.25) is 11.8 Å². The van der Waals surface area contributed by atoms with Gasteiger partial charge in [0.15, 0.2) is 0 Å². The highest BCUT2D eigenvalue weighted by molar-refractivity contribution is 9.10. The second-order valence-corrected chi connectivity index (χ2v) is 3.98. The van der Waals surface area contributed by atoms with Crippen molar-refractivity contribution in [2.45, 2.75) is 0 Å². The van der Waals surface area contributed by atoms with Crippen molar-refractivity contribution in [3.05, 3.63) is 34.8 Å². The van der Waals surface area contributed by atoms with Gasteiger partial charge < -0.3 is 15.9 Å². The van der Waals surface area contributed by atoms with Gasteiger partial charge in [0.1, 0.15) is 11.6 Å². The highest BCUT2D eigenvalue weighted by Gasteiger charge is 2.06. The third kappa shape index (κ3) is 2.83. The Kier molecular flexibility index (Phi) is 3.40. The van der Waals surface area contributed by atoms with Gasteiger partial charge in [-0.05, 0) is 28.1 Å². The van der Waals surface area contributed by atoms with Crippen molar-refractivity contribution in [2.24, 2.45) is 5.84 Å². The van der Waals surface area contributed by atoms with E-state index in [1.54, 1.807) is 12.1 Å². The Morgan fingerprint density at radius 3 is 2.71 bits per heavy atom. The lowest BCUT2D eigenvalue weighted by Crippen LogP contribution is -2.10. The van der Waals surface area contributed by atoms with Crippen molar-refractivity contribution in [1.82, 2.24) is 9.97 Å². The zero-order valence-corrected chi connectivity index (χ0v) is 10.3. The van der Waals surface area contributed by atoms with E-state index >= 15 is 0 Å². The van der Waals surface area contributed by atoms with E-state index in [0.717, 1.165) is 4.47 Å². The number of aromatic nitrogens is 2. The molecule has 1 aromatic heterocycles. The first-order chi connectivity index (χ1) is 8.19. The lowest BCUT2D eigenvalue weighted by molar-refractivity contribution is 0.460. The zero-order chi connectivity index (χ0) is 12.3. The van der Waals surface area contributed by atoms with Crippen LogP contribution >= 0.6 is 15.9 Å². The number of benzene rings is 1. The summed E-state index contributed by atoms with van der Waals surface area (Å²) in [4.78, 5) is 7.80. The number of nitrogens with one attached hydrogen (secondary N) is 1. The molecule has 7 heteroatoms. The standard InChI is InChI=1S/C10H10BrN5O/c11-6-3-1-2-4-7(6)17-9-5-8(16-13)14-10(12)15-9/h1-5H,13H2,(H3,12,14,15,16). The van der Waals surface area contributed by atoms with Crippen LogP contribution in [-0.4, -0.2) is 9.97 Å². The molecule has 0 atom stereocenters. The number of rotatable bonds is 3. The third-order valence-corrected chi connectivity index (χ3v) is 2.57. The highest BCUT2D eigenvalue weighted by atomic mass is 79.9. The number of nitrogens with zero attached hydrogens (tertiary/aromatic N) is 2. The summed E-state index contributed by atoms with van der Waals surface area (Å²) in [6.45, 7) is 0. The summed E-state index contributed by atoms with van der Waals surface area (Å²) in [5.74, 6) is 6.67. The lowest BCUT2D eigenvalue weighted by Gasteiger charge is -2.08. The first-order valence-electron chi connectivity index (χ1n) is 4.72. The van der Waals surface area contributed by atoms with E-state index in [1.165, 1.54) is 0 Å². The van der Waals surface area contributed by atoms with Crippen LogP contribution in [0.3, 0.4) is 0 Å². The molecule has 0 spiro atoms. The van der Waals surface area contributed by atoms with Gasteiger partial charge in [-0.1, -0.05) is 12.1 Å². The average Bonchev–Trinajstić information content (AvgIpc) is 2.31. The van der Waals surface area contributed by atoms with E-state index in [1.807, 2.05) is 18.2 Å². The molecule has 1 aromatic carbocycles. The molecule has 0 radical (unpaired) electrons. The molecular formula is C10H10BrN5O. The maximum atomic E-state index is 5.56. The normalized spacial score (nSPS) is 10.0. The van der Waals surface area contributed by atoms with Crippen molar-refractivity contribution in [3.63, 3.8) is 0 Å². The molecule has 5 N–H and O–H groups in total. The van der Waals surface area contributed by atoms with E-state index in [9.17, 15) is 0 Å². The predicted molar refractivity (Wildman–Crippen MR) is 68.5 cm³/mol. The van der Waals surface area contributed by atoms with E-state index in [4.69, 9.17) is 16.3 Å². The van der Waals surface area contributed by atoms with Crippen LogP contribution in [0.1, 0.15) is 0 Å². The molecule has 0 unspecified atom stereocenters. The second kappa shape index (κ2) is 4.98. The van der Waals surface area contributed by atoms with Crippen LogP contribution in [0.2, 0.25) is 0 Å². The number of ether oxygens (including phenoxy) is 1. The number of nitrogen functional groups attached to an aromatic ring is 2. The molecule has 1 heterocycles. The molecule has 0 amide bonds. The largest absolute Gasteiger partial charge is 0.438 e. The van der Waals surface area contributed by atoms with Crippen molar-refractivity contribution < 1.29 is 4.74 Å². The minimum atomic E-state index is 0.0857. The molecule has 0 aliphatic carbocycles. The minimum absolute atomic E-state index is 0.0857. The van der Waals surface area contributed by atoms with E-state index < -0.39 is 0 Å². The molecule has 0 fully saturated rings. The second-order valence-electron chi connectivity index (χ2n) is 3.13. The van der Waals surface area contributed by atoms with Crippen LogP contribution in [0.5, 0.6) is 11.6 Å². The molecule has 0 saturated heterocycles. The van der Waals surface area contributed by atoms with Crippen LogP contribution in [0, 0.1) is 0 Å². The Hall–Kier alpha value is -1.86. The van der Waals surface area contributed by atoms with Crippen LogP contribution in [0.4, 0.5) is 11.8 Å². The molecule has 0 aliphatic rings. The van der Waals surface area contributed by atoms with Crippen molar-refractivity contribution in [3.8, 4) is 11.6 Å². The maximum absolute atomic E-state index is 5.56. The first-order valence-corrected chi connectivity index (χ1v) is 5.52. The van der Waals surface area contributed by atoms with E-state index in [0.29, 0.717) is 17.4 Å². The Balaban J connectivity index is 2.30. The number of para-hydroxylation sites is 1. The number of hydrogen-bond acceptors (Lipinski definition) is 6. The highest BCUT2D eigenvalue weighted by Crippen LogP contribution is 2.29.